The van der Waals surface area contributed by atoms with Gasteiger partial charge >= 0.3 is 0 Å². The molecule has 6 nitrogen and oxygen atoms in total. The van der Waals surface area contributed by atoms with Gasteiger partial charge in [0, 0.05) is 68.2 Å². The van der Waals surface area contributed by atoms with Crippen LogP contribution in [-0.4, -0.2) is 54.7 Å². The second-order valence-corrected chi connectivity index (χ2v) is 9.31. The number of unbranched alkanes of at least 4 members (excludes halogenated alkanes) is 1. The molecule has 0 saturated carbocycles. The molecule has 1 amide bonds. The summed E-state index contributed by atoms with van der Waals surface area (Å²) in [7, 11) is 2.15. The largest absolute Gasteiger partial charge is 0.494 e. The van der Waals surface area contributed by atoms with Gasteiger partial charge in [-0.05, 0) is 62.6 Å². The number of nitrogens with one attached hydrogen (secondary N) is 1. The first kappa shape index (κ1) is 21.8. The average molecular weight is 447 g/mol. The predicted octanol–water partition coefficient (Wildman–Crippen LogP) is 4.35. The molecule has 0 aliphatic carbocycles. The van der Waals surface area contributed by atoms with Crippen molar-refractivity contribution in [3.63, 3.8) is 0 Å². The summed E-state index contributed by atoms with van der Waals surface area (Å²) < 4.78 is 8.22. The van der Waals surface area contributed by atoms with Crippen molar-refractivity contribution in [1.82, 2.24) is 9.47 Å². The Balaban J connectivity index is 1.06. The van der Waals surface area contributed by atoms with E-state index in [9.17, 15) is 4.79 Å². The Morgan fingerprint density at radius 2 is 1.85 bits per heavy atom. The SMILES string of the molecule is Cc1cc2c(N3CCN(CCCCOc4ccc5c(c4)NC(=O)CC5)CC3)cccc2n1C. The number of aryl methyl sites for hydroxylation is 3. The maximum atomic E-state index is 11.6. The minimum Gasteiger partial charge on any atom is -0.494 e. The summed E-state index contributed by atoms with van der Waals surface area (Å²) >= 11 is 0. The fraction of sp³-hybridized carbons (Fsp3) is 0.444. The van der Waals surface area contributed by atoms with Gasteiger partial charge in [-0.15, -0.1) is 0 Å². The van der Waals surface area contributed by atoms with Crippen LogP contribution < -0.4 is 15.0 Å². The lowest BCUT2D eigenvalue weighted by molar-refractivity contribution is -0.116. The lowest BCUT2D eigenvalue weighted by Gasteiger charge is -2.36. The van der Waals surface area contributed by atoms with E-state index in [1.165, 1.54) is 27.8 Å². The van der Waals surface area contributed by atoms with Gasteiger partial charge in [-0.25, -0.2) is 0 Å². The van der Waals surface area contributed by atoms with Crippen molar-refractivity contribution in [3.8, 4) is 5.75 Å². The van der Waals surface area contributed by atoms with Gasteiger partial charge < -0.3 is 19.5 Å². The van der Waals surface area contributed by atoms with E-state index in [2.05, 4.69) is 64.0 Å². The fourth-order valence-corrected chi connectivity index (χ4v) is 5.03. The number of fused-ring (bicyclic) bond motifs is 2. The number of nitrogens with zero attached hydrogens (tertiary/aromatic N) is 3. The number of ether oxygens (including phenoxy) is 1. The summed E-state index contributed by atoms with van der Waals surface area (Å²) in [6.45, 7) is 8.36. The van der Waals surface area contributed by atoms with E-state index in [0.29, 0.717) is 13.0 Å². The summed E-state index contributed by atoms with van der Waals surface area (Å²) in [4.78, 5) is 16.7. The van der Waals surface area contributed by atoms with Crippen molar-refractivity contribution >= 4 is 28.2 Å². The second-order valence-electron chi connectivity index (χ2n) is 9.31. The molecule has 0 atom stereocenters. The van der Waals surface area contributed by atoms with Gasteiger partial charge in [-0.1, -0.05) is 12.1 Å². The van der Waals surface area contributed by atoms with Gasteiger partial charge in [0.25, 0.3) is 0 Å². The van der Waals surface area contributed by atoms with Gasteiger partial charge in [-0.2, -0.15) is 0 Å². The van der Waals surface area contributed by atoms with E-state index in [0.717, 1.165) is 63.4 Å². The first-order valence-electron chi connectivity index (χ1n) is 12.2. The van der Waals surface area contributed by atoms with Crippen LogP contribution in [-0.2, 0) is 18.3 Å². The molecule has 33 heavy (non-hydrogen) atoms. The highest BCUT2D eigenvalue weighted by molar-refractivity contribution is 5.94. The molecule has 2 aliphatic rings. The summed E-state index contributed by atoms with van der Waals surface area (Å²) in [6.07, 6.45) is 3.55. The molecule has 0 spiro atoms. The van der Waals surface area contributed by atoms with E-state index < -0.39 is 0 Å². The van der Waals surface area contributed by atoms with E-state index >= 15 is 0 Å². The van der Waals surface area contributed by atoms with Crippen LogP contribution >= 0.6 is 0 Å². The topological polar surface area (TPSA) is 49.7 Å². The Bertz CT molecular complexity index is 1140. The van der Waals surface area contributed by atoms with Crippen LogP contribution in [0.4, 0.5) is 11.4 Å². The molecule has 0 bridgehead atoms. The van der Waals surface area contributed by atoms with Gasteiger partial charge in [0.05, 0.1) is 12.1 Å². The van der Waals surface area contributed by atoms with Crippen LogP contribution in [0.15, 0.2) is 42.5 Å². The van der Waals surface area contributed by atoms with E-state index in [1.807, 2.05) is 12.1 Å². The van der Waals surface area contributed by atoms with Crippen molar-refractivity contribution in [1.29, 1.82) is 0 Å². The number of aromatic nitrogens is 1. The molecule has 5 rings (SSSR count). The monoisotopic (exact) mass is 446 g/mol. The van der Waals surface area contributed by atoms with Crippen LogP contribution in [0.5, 0.6) is 5.75 Å². The third kappa shape index (κ3) is 4.71. The average Bonchev–Trinajstić information content (AvgIpc) is 3.12. The molecule has 3 heterocycles. The van der Waals surface area contributed by atoms with Gasteiger partial charge in [0.2, 0.25) is 5.91 Å². The highest BCUT2D eigenvalue weighted by atomic mass is 16.5. The quantitative estimate of drug-likeness (QED) is 0.548. The second kappa shape index (κ2) is 9.48. The number of rotatable bonds is 7. The third-order valence-corrected chi connectivity index (χ3v) is 7.13. The maximum absolute atomic E-state index is 11.6. The summed E-state index contributed by atoms with van der Waals surface area (Å²) in [5, 5.41) is 4.31. The van der Waals surface area contributed by atoms with Crippen LogP contribution in [0, 0.1) is 6.92 Å². The molecule has 2 aliphatic heterocycles. The molecular formula is C27H34N4O2. The zero-order valence-electron chi connectivity index (χ0n) is 19.8. The summed E-state index contributed by atoms with van der Waals surface area (Å²) in [5.74, 6) is 0.935. The standard InChI is InChI=1S/C27H34N4O2/c1-20-18-23-25(29(20)2)6-5-7-26(23)31-15-13-30(14-16-31)12-3-4-17-33-22-10-8-21-9-11-27(32)28-24(21)19-22/h5-8,10,18-19H,3-4,9,11-17H2,1-2H3,(H,28,32). The zero-order valence-corrected chi connectivity index (χ0v) is 19.8. The summed E-state index contributed by atoms with van der Waals surface area (Å²) in [6, 6.07) is 15.0. The maximum Gasteiger partial charge on any atom is 0.224 e. The molecule has 0 radical (unpaired) electrons. The first-order chi connectivity index (χ1) is 16.1. The normalized spacial score (nSPS) is 16.7. The summed E-state index contributed by atoms with van der Waals surface area (Å²) in [5.41, 5.74) is 6.08. The Hall–Kier alpha value is -2.99. The van der Waals surface area contributed by atoms with E-state index in [1.54, 1.807) is 0 Å². The smallest absolute Gasteiger partial charge is 0.224 e. The molecular weight excluding hydrogens is 412 g/mol. The minimum absolute atomic E-state index is 0.0929. The molecule has 174 valence electrons. The van der Waals surface area contributed by atoms with E-state index in [4.69, 9.17) is 4.74 Å². The Morgan fingerprint density at radius 3 is 2.70 bits per heavy atom. The van der Waals surface area contributed by atoms with Crippen molar-refractivity contribution in [2.45, 2.75) is 32.6 Å². The molecule has 2 aromatic carbocycles. The molecule has 6 heteroatoms. The van der Waals surface area contributed by atoms with Gasteiger partial charge in [0.1, 0.15) is 5.75 Å². The lowest BCUT2D eigenvalue weighted by atomic mass is 10.0. The van der Waals surface area contributed by atoms with Crippen LogP contribution in [0.2, 0.25) is 0 Å². The highest BCUT2D eigenvalue weighted by Gasteiger charge is 2.19. The van der Waals surface area contributed by atoms with E-state index in [-0.39, 0.29) is 5.91 Å². The number of carbonyl (C=O) groups excluding carboxylic acids is 1. The van der Waals surface area contributed by atoms with Crippen molar-refractivity contribution in [2.24, 2.45) is 7.05 Å². The number of hydrogen-bond donors (Lipinski definition) is 1. The molecule has 1 saturated heterocycles. The Kier molecular flexibility index (Phi) is 6.27. The Labute approximate surface area is 196 Å². The number of anilines is 2. The molecule has 1 aromatic heterocycles. The molecule has 3 aromatic rings. The molecule has 0 unspecified atom stereocenters. The van der Waals surface area contributed by atoms with Crippen molar-refractivity contribution in [2.75, 3.05) is 49.5 Å². The number of carbonyl (C=O) groups is 1. The number of piperazine rings is 1. The molecule has 1 fully saturated rings. The van der Waals surface area contributed by atoms with Crippen molar-refractivity contribution in [3.05, 3.63) is 53.7 Å². The third-order valence-electron chi connectivity index (χ3n) is 7.13. The fourth-order valence-electron chi connectivity index (χ4n) is 5.03. The van der Waals surface area contributed by atoms with Crippen LogP contribution in [0.3, 0.4) is 0 Å². The number of benzene rings is 2. The zero-order chi connectivity index (χ0) is 22.8. The van der Waals surface area contributed by atoms with Crippen molar-refractivity contribution < 1.29 is 9.53 Å². The number of hydrogen-bond acceptors (Lipinski definition) is 4. The molecule has 1 N–H and O–H groups in total. The highest BCUT2D eigenvalue weighted by Crippen LogP contribution is 2.30. The minimum atomic E-state index is 0.0929. The Morgan fingerprint density at radius 1 is 1.00 bits per heavy atom. The van der Waals surface area contributed by atoms with Gasteiger partial charge in [-0.3, -0.25) is 9.69 Å². The number of amides is 1. The lowest BCUT2D eigenvalue weighted by Crippen LogP contribution is -2.46. The predicted molar refractivity (Wildman–Crippen MR) is 134 cm³/mol. The van der Waals surface area contributed by atoms with Gasteiger partial charge in [0.15, 0.2) is 0 Å². The first-order valence-corrected chi connectivity index (χ1v) is 12.2. The van der Waals surface area contributed by atoms with Crippen LogP contribution in [0.25, 0.3) is 10.9 Å². The van der Waals surface area contributed by atoms with Crippen LogP contribution in [0.1, 0.15) is 30.5 Å².